The number of pyridine rings is 1. The molecule has 184 valence electrons. The van der Waals surface area contributed by atoms with E-state index in [1.807, 2.05) is 26.0 Å². The van der Waals surface area contributed by atoms with Crippen molar-refractivity contribution in [1.29, 1.82) is 0 Å². The van der Waals surface area contributed by atoms with Gasteiger partial charge in [0, 0.05) is 32.1 Å². The van der Waals surface area contributed by atoms with Crippen LogP contribution in [0.5, 0.6) is 11.6 Å². The van der Waals surface area contributed by atoms with E-state index >= 15 is 0 Å². The predicted octanol–water partition coefficient (Wildman–Crippen LogP) is 5.25. The van der Waals surface area contributed by atoms with Gasteiger partial charge in [-0.05, 0) is 39.0 Å². The average Bonchev–Trinajstić information content (AvgIpc) is 2.77. The van der Waals surface area contributed by atoms with E-state index < -0.39 is 12.1 Å². The molecule has 1 aromatic heterocycles. The van der Waals surface area contributed by atoms with Gasteiger partial charge in [0.25, 0.3) is 5.91 Å². The number of aromatic nitrogens is 1. The van der Waals surface area contributed by atoms with Gasteiger partial charge in [0.2, 0.25) is 5.88 Å². The Hall–Kier alpha value is -3.56. The lowest BCUT2D eigenvalue weighted by Crippen LogP contribution is -2.42. The Labute approximate surface area is 196 Å². The molecule has 1 aromatic carbocycles. The summed E-state index contributed by atoms with van der Waals surface area (Å²) >= 11 is 0. The Balaban J connectivity index is 2.14. The molecule has 10 heteroatoms. The van der Waals surface area contributed by atoms with Gasteiger partial charge in [-0.15, -0.1) is 13.2 Å². The number of likely N-dealkylation sites (N-methyl/N-ethyl adjacent to an activating group) is 1. The van der Waals surface area contributed by atoms with E-state index in [1.54, 1.807) is 31.9 Å². The molecular weight excluding hydrogens is 451 g/mol. The number of aliphatic imine (C=N–C) groups is 1. The van der Waals surface area contributed by atoms with Crippen molar-refractivity contribution in [2.24, 2.45) is 4.99 Å². The van der Waals surface area contributed by atoms with E-state index in [1.165, 1.54) is 6.07 Å². The molecule has 1 unspecified atom stereocenters. The van der Waals surface area contributed by atoms with Gasteiger partial charge in [0.15, 0.2) is 5.90 Å². The number of ether oxygens (including phenoxy) is 3. The minimum Gasteiger partial charge on any atom is -0.475 e. The highest BCUT2D eigenvalue weighted by Gasteiger charge is 2.31. The second kappa shape index (κ2) is 11.5. The van der Waals surface area contributed by atoms with Crippen LogP contribution in [-0.2, 0) is 4.74 Å². The van der Waals surface area contributed by atoms with E-state index in [0.717, 1.165) is 17.8 Å². The van der Waals surface area contributed by atoms with Gasteiger partial charge in [0.05, 0.1) is 17.8 Å². The molecule has 0 aliphatic heterocycles. The van der Waals surface area contributed by atoms with E-state index in [-0.39, 0.29) is 24.4 Å². The lowest BCUT2D eigenvalue weighted by Gasteiger charge is -2.29. The van der Waals surface area contributed by atoms with Crippen LogP contribution in [0.25, 0.3) is 5.76 Å². The monoisotopic (exact) mass is 479 g/mol. The zero-order valence-corrected chi connectivity index (χ0v) is 19.8. The fourth-order valence-electron chi connectivity index (χ4n) is 3.11. The fraction of sp³-hybridized carbons (Fsp3) is 0.375. The minimum atomic E-state index is -4.80. The third-order valence-corrected chi connectivity index (χ3v) is 4.84. The van der Waals surface area contributed by atoms with Crippen molar-refractivity contribution in [3.63, 3.8) is 0 Å². The molecular formula is C24H28F3N3O4. The summed E-state index contributed by atoms with van der Waals surface area (Å²) in [6, 6.07) is 7.37. The van der Waals surface area contributed by atoms with Crippen molar-refractivity contribution in [2.75, 3.05) is 20.2 Å². The molecule has 0 aliphatic rings. The summed E-state index contributed by atoms with van der Waals surface area (Å²) in [4.78, 5) is 22.8. The maximum atomic E-state index is 13.4. The van der Waals surface area contributed by atoms with Crippen molar-refractivity contribution in [2.45, 2.75) is 40.1 Å². The number of aryl methyl sites for hydroxylation is 1. The predicted molar refractivity (Wildman–Crippen MR) is 123 cm³/mol. The average molecular weight is 479 g/mol. The second-order valence-electron chi connectivity index (χ2n) is 7.45. The third kappa shape index (κ3) is 7.50. The molecule has 2 aromatic rings. The second-order valence-corrected chi connectivity index (χ2v) is 7.45. The Kier molecular flexibility index (Phi) is 9.05. The summed E-state index contributed by atoms with van der Waals surface area (Å²) in [5.41, 5.74) is 1.91. The lowest BCUT2D eigenvalue weighted by atomic mass is 10.0. The molecule has 2 rings (SSSR count). The number of amides is 1. The molecule has 1 amide bonds. The van der Waals surface area contributed by atoms with Crippen LogP contribution < -0.4 is 9.47 Å². The van der Waals surface area contributed by atoms with E-state index in [4.69, 9.17) is 9.47 Å². The van der Waals surface area contributed by atoms with Crippen LogP contribution in [0.15, 0.2) is 48.1 Å². The number of carbonyl (C=O) groups excluding carboxylic acids is 1. The molecule has 0 saturated carbocycles. The lowest BCUT2D eigenvalue weighted by molar-refractivity contribution is -0.274. The number of carbonyl (C=O) groups is 1. The smallest absolute Gasteiger partial charge is 0.475 e. The first-order chi connectivity index (χ1) is 15.9. The zero-order chi connectivity index (χ0) is 25.5. The number of benzene rings is 1. The van der Waals surface area contributed by atoms with Gasteiger partial charge in [-0.25, -0.2) is 4.98 Å². The summed E-state index contributed by atoms with van der Waals surface area (Å²) < 4.78 is 51.8. The minimum absolute atomic E-state index is 0.0757. The maximum Gasteiger partial charge on any atom is 0.573 e. The highest BCUT2D eigenvalue weighted by molar-refractivity contribution is 5.99. The SMILES string of the molecule is C=C(OC(C)=NC)c1cc(C)ccc1C(=O)N(CC)C(C)COc1ccc(OC(F)(F)F)cn1. The number of hydrogen-bond donors (Lipinski definition) is 0. The van der Waals surface area contributed by atoms with Gasteiger partial charge in [-0.3, -0.25) is 9.79 Å². The van der Waals surface area contributed by atoms with E-state index in [0.29, 0.717) is 29.3 Å². The van der Waals surface area contributed by atoms with Crippen molar-refractivity contribution in [3.05, 3.63) is 59.8 Å². The number of halogens is 3. The molecule has 0 aliphatic carbocycles. The molecule has 34 heavy (non-hydrogen) atoms. The Morgan fingerprint density at radius 1 is 1.24 bits per heavy atom. The normalized spacial score (nSPS) is 12.6. The first-order valence-corrected chi connectivity index (χ1v) is 10.5. The van der Waals surface area contributed by atoms with Crippen molar-refractivity contribution in [1.82, 2.24) is 9.88 Å². The first kappa shape index (κ1) is 26.7. The summed E-state index contributed by atoms with van der Waals surface area (Å²) in [6.45, 7) is 11.6. The van der Waals surface area contributed by atoms with Crippen LogP contribution in [0.4, 0.5) is 13.2 Å². The zero-order valence-electron chi connectivity index (χ0n) is 19.8. The molecule has 7 nitrogen and oxygen atoms in total. The molecule has 0 fully saturated rings. The molecule has 0 radical (unpaired) electrons. The molecule has 1 atom stereocenters. The number of hydrogen-bond acceptors (Lipinski definition) is 6. The Morgan fingerprint density at radius 3 is 2.50 bits per heavy atom. The standard InChI is InChI=1S/C24H28F3N3O4/c1-7-30(16(3)14-32-22-11-9-19(13-29-22)34-24(25,26)27)23(31)20-10-8-15(2)12-21(20)17(4)33-18(5)28-6/h8-13,16H,4,7,14H2,1-3,5-6H3. The van der Waals surface area contributed by atoms with Crippen LogP contribution >= 0.6 is 0 Å². The summed E-state index contributed by atoms with van der Waals surface area (Å²) in [6.07, 6.45) is -3.88. The summed E-state index contributed by atoms with van der Waals surface area (Å²) in [5.74, 6) is 0.137. The van der Waals surface area contributed by atoms with Gasteiger partial charge >= 0.3 is 6.36 Å². The van der Waals surface area contributed by atoms with Gasteiger partial charge in [-0.1, -0.05) is 18.2 Å². The topological polar surface area (TPSA) is 73.2 Å². The first-order valence-electron chi connectivity index (χ1n) is 10.5. The van der Waals surface area contributed by atoms with Gasteiger partial charge < -0.3 is 19.1 Å². The third-order valence-electron chi connectivity index (χ3n) is 4.84. The van der Waals surface area contributed by atoms with Crippen LogP contribution in [0, 0.1) is 6.92 Å². The fourth-order valence-corrected chi connectivity index (χ4v) is 3.11. The molecule has 0 N–H and O–H groups in total. The number of nitrogens with zero attached hydrogens (tertiary/aromatic N) is 3. The molecule has 0 spiro atoms. The number of rotatable bonds is 9. The van der Waals surface area contributed by atoms with Crippen LogP contribution in [0.3, 0.4) is 0 Å². The highest BCUT2D eigenvalue weighted by Crippen LogP contribution is 2.25. The quantitative estimate of drug-likeness (QED) is 0.279. The van der Waals surface area contributed by atoms with Crippen molar-refractivity contribution < 1.29 is 32.2 Å². The highest BCUT2D eigenvalue weighted by atomic mass is 19.4. The van der Waals surface area contributed by atoms with Crippen LogP contribution in [0.1, 0.15) is 42.3 Å². The summed E-state index contributed by atoms with van der Waals surface area (Å²) in [5, 5.41) is 0. The van der Waals surface area contributed by atoms with Gasteiger partial charge in [-0.2, -0.15) is 0 Å². The van der Waals surface area contributed by atoms with Gasteiger partial charge in [0.1, 0.15) is 18.1 Å². The largest absolute Gasteiger partial charge is 0.573 e. The maximum absolute atomic E-state index is 13.4. The Bertz CT molecular complexity index is 1040. The molecule has 1 heterocycles. The summed E-state index contributed by atoms with van der Waals surface area (Å²) in [7, 11) is 1.59. The molecule has 0 bridgehead atoms. The van der Waals surface area contributed by atoms with E-state index in [2.05, 4.69) is 21.3 Å². The Morgan fingerprint density at radius 2 is 1.94 bits per heavy atom. The van der Waals surface area contributed by atoms with Crippen molar-refractivity contribution >= 4 is 17.6 Å². The van der Waals surface area contributed by atoms with E-state index in [9.17, 15) is 18.0 Å². The molecule has 0 saturated heterocycles. The number of alkyl halides is 3. The van der Waals surface area contributed by atoms with Crippen LogP contribution in [-0.4, -0.2) is 54.3 Å². The van der Waals surface area contributed by atoms with Crippen LogP contribution in [0.2, 0.25) is 0 Å². The van der Waals surface area contributed by atoms with Crippen molar-refractivity contribution in [3.8, 4) is 11.6 Å².